The van der Waals surface area contributed by atoms with Crippen molar-refractivity contribution in [2.75, 3.05) is 0 Å². The SMILES string of the molecule is C=CC(=O)OC(F)(F)C(F)(F)C(F)(F)C(F)(F)C(F)(F)C(F)(F)C(F)(F)C(F)(F)C(F)(F)C(F)(F)CCC(F)(F)F. The van der Waals surface area contributed by atoms with Crippen LogP contribution in [0.25, 0.3) is 0 Å². The predicted octanol–water partition coefficient (Wildman–Crippen LogP) is 8.37. The van der Waals surface area contributed by atoms with Crippen LogP contribution in [0, 0.1) is 0 Å². The molecule has 41 heavy (non-hydrogen) atoms. The predicted molar refractivity (Wildman–Crippen MR) is 81.0 cm³/mol. The number of hydrogen-bond donors (Lipinski definition) is 0. The lowest BCUT2D eigenvalue weighted by Crippen LogP contribution is -2.77. The molecule has 0 heterocycles. The van der Waals surface area contributed by atoms with Crippen LogP contribution in [-0.2, 0) is 9.53 Å². The first kappa shape index (κ1) is 38.6. The molecular weight excluding hydrogens is 661 g/mol. The van der Waals surface area contributed by atoms with Crippen LogP contribution in [-0.4, -0.2) is 71.6 Å². The molecule has 0 bridgehead atoms. The Morgan fingerprint density at radius 2 is 0.732 bits per heavy atom. The van der Waals surface area contributed by atoms with Crippen molar-refractivity contribution in [2.45, 2.75) is 78.4 Å². The lowest BCUT2D eigenvalue weighted by atomic mass is 9.85. The molecule has 0 fully saturated rings. The van der Waals surface area contributed by atoms with Gasteiger partial charge in [-0.2, -0.15) is 101 Å². The van der Waals surface area contributed by atoms with E-state index in [1.807, 2.05) is 0 Å². The van der Waals surface area contributed by atoms with Crippen LogP contribution in [0.1, 0.15) is 12.8 Å². The maximum atomic E-state index is 13.7. The summed E-state index contributed by atoms with van der Waals surface area (Å²) < 4.78 is 308. The normalized spacial score (nSPS) is 16.1. The maximum Gasteiger partial charge on any atom is 0.473 e. The zero-order valence-electron chi connectivity index (χ0n) is 18.2. The van der Waals surface area contributed by atoms with Crippen LogP contribution in [0.4, 0.5) is 101 Å². The van der Waals surface area contributed by atoms with Crippen molar-refractivity contribution < 1.29 is 111 Å². The van der Waals surface area contributed by atoms with E-state index in [1.54, 1.807) is 0 Å². The molecule has 0 N–H and O–H groups in total. The molecule has 0 aromatic carbocycles. The van der Waals surface area contributed by atoms with E-state index in [-0.39, 0.29) is 0 Å². The molecule has 25 heteroatoms. The number of alkyl halides is 23. The summed E-state index contributed by atoms with van der Waals surface area (Å²) in [7, 11) is 0. The van der Waals surface area contributed by atoms with E-state index in [9.17, 15) is 106 Å². The van der Waals surface area contributed by atoms with Crippen LogP contribution in [0.5, 0.6) is 0 Å². The lowest BCUT2D eigenvalue weighted by molar-refractivity contribution is -0.478. The minimum Gasteiger partial charge on any atom is -0.393 e. The average molecular weight is 668 g/mol. The number of esters is 1. The van der Waals surface area contributed by atoms with Gasteiger partial charge in [0.05, 0.1) is 0 Å². The van der Waals surface area contributed by atoms with E-state index in [0.717, 1.165) is 0 Å². The molecule has 0 rings (SSSR count). The van der Waals surface area contributed by atoms with Crippen LogP contribution in [0.3, 0.4) is 0 Å². The van der Waals surface area contributed by atoms with E-state index >= 15 is 0 Å². The van der Waals surface area contributed by atoms with Gasteiger partial charge >= 0.3 is 71.6 Å². The third-order valence-corrected chi connectivity index (χ3v) is 4.70. The first-order chi connectivity index (χ1) is 17.4. The topological polar surface area (TPSA) is 26.3 Å². The van der Waals surface area contributed by atoms with Gasteiger partial charge in [-0.25, -0.2) is 4.79 Å². The highest BCUT2D eigenvalue weighted by Crippen LogP contribution is 2.66. The van der Waals surface area contributed by atoms with E-state index in [1.165, 1.54) is 0 Å². The van der Waals surface area contributed by atoms with Gasteiger partial charge in [-0.15, -0.1) is 0 Å². The summed E-state index contributed by atoms with van der Waals surface area (Å²) in [5.74, 6) is -81.8. The molecule has 0 saturated carbocycles. The van der Waals surface area contributed by atoms with Gasteiger partial charge in [0.1, 0.15) is 0 Å². The third-order valence-electron chi connectivity index (χ3n) is 4.70. The molecule has 0 atom stereocenters. The van der Waals surface area contributed by atoms with E-state index in [4.69, 9.17) is 0 Å². The smallest absolute Gasteiger partial charge is 0.393 e. The van der Waals surface area contributed by atoms with Crippen molar-refractivity contribution in [3.8, 4) is 0 Å². The molecule has 0 spiro atoms. The molecule has 0 aromatic heterocycles. The number of carbonyl (C=O) groups is 1. The summed E-state index contributed by atoms with van der Waals surface area (Å²) in [6.07, 6.45) is -21.1. The Hall–Kier alpha value is -2.40. The quantitative estimate of drug-likeness (QED) is 0.112. The maximum absolute atomic E-state index is 13.7. The van der Waals surface area contributed by atoms with Gasteiger partial charge < -0.3 is 4.74 Å². The van der Waals surface area contributed by atoms with Crippen LogP contribution < -0.4 is 0 Å². The standard InChI is InChI=1S/C16H7F23O2/c1-2-5(40)41-16(38,39)15(36,37)14(34,35)13(32,33)12(30,31)11(28,29)10(26,27)9(24,25)8(22,23)6(17,18)3-4-7(19,20)21/h2H,1,3-4H2. The Morgan fingerprint density at radius 3 is 1.00 bits per heavy atom. The molecule has 0 aromatic rings. The van der Waals surface area contributed by atoms with Crippen molar-refractivity contribution in [3.63, 3.8) is 0 Å². The van der Waals surface area contributed by atoms with Gasteiger partial charge in [0.25, 0.3) is 0 Å². The molecule has 244 valence electrons. The molecule has 0 amide bonds. The fourth-order valence-electron chi connectivity index (χ4n) is 2.28. The third kappa shape index (κ3) is 5.56. The minimum absolute atomic E-state index is 0.615. The first-order valence-electron chi connectivity index (χ1n) is 9.11. The van der Waals surface area contributed by atoms with Gasteiger partial charge in [-0.1, -0.05) is 6.58 Å². The number of hydrogen-bond acceptors (Lipinski definition) is 2. The second-order valence-corrected chi connectivity index (χ2v) is 7.56. The Bertz CT molecular complexity index is 975. The van der Waals surface area contributed by atoms with Crippen molar-refractivity contribution in [1.29, 1.82) is 0 Å². The molecule has 0 unspecified atom stereocenters. The van der Waals surface area contributed by atoms with E-state index < -0.39 is 90.5 Å². The van der Waals surface area contributed by atoms with Crippen molar-refractivity contribution in [2.24, 2.45) is 0 Å². The van der Waals surface area contributed by atoms with Gasteiger partial charge in [0.15, 0.2) is 0 Å². The highest BCUT2D eigenvalue weighted by molar-refractivity contribution is 5.81. The van der Waals surface area contributed by atoms with E-state index in [0.29, 0.717) is 0 Å². The summed E-state index contributed by atoms with van der Waals surface area (Å²) in [6, 6.07) is 0. The van der Waals surface area contributed by atoms with Gasteiger partial charge in [0.2, 0.25) is 0 Å². The monoisotopic (exact) mass is 668 g/mol. The average Bonchev–Trinajstić information content (AvgIpc) is 2.75. The number of carbonyl (C=O) groups excluding carboxylic acids is 1. The number of halogens is 23. The highest BCUT2D eigenvalue weighted by Gasteiger charge is 2.98. The second kappa shape index (κ2) is 10.1. The number of rotatable bonds is 13. The Labute approximate surface area is 209 Å². The van der Waals surface area contributed by atoms with Crippen LogP contribution in [0.2, 0.25) is 0 Å². The second-order valence-electron chi connectivity index (χ2n) is 7.56. The molecule has 0 saturated heterocycles. The zero-order valence-corrected chi connectivity index (χ0v) is 18.2. The van der Waals surface area contributed by atoms with Gasteiger partial charge in [-0.3, -0.25) is 0 Å². The summed E-state index contributed by atoms with van der Waals surface area (Å²) in [6.45, 7) is 2.19. The summed E-state index contributed by atoms with van der Waals surface area (Å²) in [5.41, 5.74) is 0. The molecule has 0 aliphatic heterocycles. The highest BCUT2D eigenvalue weighted by atomic mass is 19.4. The largest absolute Gasteiger partial charge is 0.473 e. The Balaban J connectivity index is 7.04. The Morgan fingerprint density at radius 1 is 0.463 bits per heavy atom. The van der Waals surface area contributed by atoms with Gasteiger partial charge in [-0.05, 0) is 0 Å². The fraction of sp³-hybridized carbons (Fsp3) is 0.812. The number of ether oxygens (including phenoxy) is 1. The molecule has 0 aliphatic rings. The summed E-state index contributed by atoms with van der Waals surface area (Å²) >= 11 is 0. The molecular formula is C16H7F23O2. The fourth-order valence-corrected chi connectivity index (χ4v) is 2.28. The molecule has 2 nitrogen and oxygen atoms in total. The van der Waals surface area contributed by atoms with Crippen LogP contribution >= 0.6 is 0 Å². The lowest BCUT2D eigenvalue weighted by Gasteiger charge is -2.44. The molecule has 0 aliphatic carbocycles. The van der Waals surface area contributed by atoms with Crippen molar-refractivity contribution in [3.05, 3.63) is 12.7 Å². The van der Waals surface area contributed by atoms with Crippen molar-refractivity contribution in [1.82, 2.24) is 0 Å². The zero-order chi connectivity index (χ0) is 33.9. The van der Waals surface area contributed by atoms with Gasteiger partial charge in [0, 0.05) is 18.9 Å². The van der Waals surface area contributed by atoms with Crippen LogP contribution in [0.15, 0.2) is 12.7 Å². The first-order valence-corrected chi connectivity index (χ1v) is 9.11. The van der Waals surface area contributed by atoms with Crippen molar-refractivity contribution >= 4 is 5.97 Å². The Kier molecular flexibility index (Phi) is 9.51. The summed E-state index contributed by atoms with van der Waals surface area (Å²) in [5, 5.41) is 0. The summed E-state index contributed by atoms with van der Waals surface area (Å²) in [4.78, 5) is 10.5. The minimum atomic E-state index is -9.33. The molecule has 0 radical (unpaired) electrons. The van der Waals surface area contributed by atoms with E-state index in [2.05, 4.69) is 11.3 Å².